The third-order valence-corrected chi connectivity index (χ3v) is 8.96. The molecule has 1 aliphatic heterocycles. The lowest BCUT2D eigenvalue weighted by atomic mass is 9.79. The molecule has 0 saturated carbocycles. The quantitative estimate of drug-likeness (QED) is 0.119. The number of nitrogens with two attached hydrogens (primary N) is 3. The summed E-state index contributed by atoms with van der Waals surface area (Å²) in [6, 6.07) is 16.6. The van der Waals surface area contributed by atoms with E-state index in [0.29, 0.717) is 25.8 Å². The predicted molar refractivity (Wildman–Crippen MR) is 180 cm³/mol. The molecular formula is C36H51N5O6. The largest absolute Gasteiger partial charge is 0.480 e. The lowest BCUT2D eigenvalue weighted by molar-refractivity contribution is -0.148. The maximum absolute atomic E-state index is 14.4. The van der Waals surface area contributed by atoms with Crippen LogP contribution in [0.25, 0.3) is 0 Å². The molecule has 2 amide bonds. The maximum Gasteiger partial charge on any atom is 0.323 e. The third-order valence-electron chi connectivity index (χ3n) is 8.96. The summed E-state index contributed by atoms with van der Waals surface area (Å²) in [5.41, 5.74) is 18.4. The van der Waals surface area contributed by atoms with Crippen LogP contribution in [0.5, 0.6) is 0 Å². The first kappa shape index (κ1) is 37.5. The molecule has 0 aromatic heterocycles. The third kappa shape index (κ3) is 10.8. The number of unbranched alkanes of at least 4 members (excludes halogenated alkanes) is 1. The van der Waals surface area contributed by atoms with Crippen LogP contribution in [0, 0.1) is 17.8 Å². The van der Waals surface area contributed by atoms with Crippen LogP contribution in [-0.2, 0) is 36.8 Å². The molecular weight excluding hydrogens is 598 g/mol. The lowest BCUT2D eigenvalue weighted by Gasteiger charge is -2.38. The van der Waals surface area contributed by atoms with Gasteiger partial charge in [0.1, 0.15) is 11.6 Å². The Morgan fingerprint density at radius 3 is 1.91 bits per heavy atom. The monoisotopic (exact) mass is 649 g/mol. The van der Waals surface area contributed by atoms with Gasteiger partial charge in [-0.2, -0.15) is 0 Å². The number of likely N-dealkylation sites (tertiary alicyclic amines) is 1. The van der Waals surface area contributed by atoms with Crippen molar-refractivity contribution in [2.75, 3.05) is 19.6 Å². The van der Waals surface area contributed by atoms with Crippen molar-refractivity contribution in [2.45, 2.75) is 82.8 Å². The van der Waals surface area contributed by atoms with E-state index in [1.807, 2.05) is 74.5 Å². The van der Waals surface area contributed by atoms with Crippen molar-refractivity contribution in [3.05, 3.63) is 71.8 Å². The van der Waals surface area contributed by atoms with E-state index in [9.17, 15) is 29.1 Å². The van der Waals surface area contributed by atoms with E-state index in [2.05, 4.69) is 5.32 Å². The summed E-state index contributed by atoms with van der Waals surface area (Å²) in [4.78, 5) is 69.1. The van der Waals surface area contributed by atoms with Gasteiger partial charge in [0.25, 0.3) is 0 Å². The molecule has 1 fully saturated rings. The molecule has 11 heteroatoms. The number of hydrogen-bond donors (Lipinski definition) is 5. The topological polar surface area (TPSA) is 199 Å². The summed E-state index contributed by atoms with van der Waals surface area (Å²) < 4.78 is 0. The van der Waals surface area contributed by atoms with E-state index in [4.69, 9.17) is 17.2 Å². The van der Waals surface area contributed by atoms with Crippen molar-refractivity contribution in [1.29, 1.82) is 0 Å². The second kappa shape index (κ2) is 17.8. The highest BCUT2D eigenvalue weighted by atomic mass is 16.4. The fourth-order valence-electron chi connectivity index (χ4n) is 6.07. The molecule has 256 valence electrons. The zero-order valence-corrected chi connectivity index (χ0v) is 27.6. The van der Waals surface area contributed by atoms with Gasteiger partial charge in [-0.3, -0.25) is 24.0 Å². The van der Waals surface area contributed by atoms with Gasteiger partial charge in [0.15, 0.2) is 11.6 Å². The summed E-state index contributed by atoms with van der Waals surface area (Å²) in [7, 11) is 0. The second-order valence-corrected chi connectivity index (χ2v) is 13.2. The highest BCUT2D eigenvalue weighted by Crippen LogP contribution is 2.25. The number of ketones is 2. The van der Waals surface area contributed by atoms with Crippen molar-refractivity contribution < 1.29 is 29.1 Å². The van der Waals surface area contributed by atoms with Gasteiger partial charge in [0.05, 0.1) is 17.9 Å². The number of Topliss-reactive ketones (excluding diaryl/α,β-unsaturated/α-hetero) is 2. The molecule has 0 aliphatic carbocycles. The van der Waals surface area contributed by atoms with Crippen molar-refractivity contribution in [3.63, 3.8) is 0 Å². The van der Waals surface area contributed by atoms with Gasteiger partial charge in [0, 0.05) is 13.1 Å². The van der Waals surface area contributed by atoms with Gasteiger partial charge in [0.2, 0.25) is 11.8 Å². The molecule has 1 heterocycles. The van der Waals surface area contributed by atoms with Gasteiger partial charge in [-0.1, -0.05) is 74.5 Å². The zero-order valence-electron chi connectivity index (χ0n) is 27.6. The van der Waals surface area contributed by atoms with E-state index in [0.717, 1.165) is 11.1 Å². The van der Waals surface area contributed by atoms with E-state index in [1.54, 1.807) is 0 Å². The Kier molecular flexibility index (Phi) is 14.2. The number of carboxylic acids is 1. The van der Waals surface area contributed by atoms with E-state index < -0.39 is 52.9 Å². The molecule has 0 radical (unpaired) electrons. The maximum atomic E-state index is 14.4. The fourth-order valence-corrected chi connectivity index (χ4v) is 6.07. The molecule has 4 atom stereocenters. The number of hydrogen-bond acceptors (Lipinski definition) is 8. The Balaban J connectivity index is 1.87. The molecule has 8 N–H and O–H groups in total. The predicted octanol–water partition coefficient (Wildman–Crippen LogP) is 2.23. The van der Waals surface area contributed by atoms with Crippen LogP contribution >= 0.6 is 0 Å². The average Bonchev–Trinajstić information content (AvgIpc) is 3.06. The van der Waals surface area contributed by atoms with Crippen molar-refractivity contribution >= 4 is 29.4 Å². The van der Waals surface area contributed by atoms with Gasteiger partial charge in [-0.05, 0) is 75.0 Å². The van der Waals surface area contributed by atoms with Gasteiger partial charge < -0.3 is 32.5 Å². The number of nitrogens with zero attached hydrogens (tertiary/aromatic N) is 1. The van der Waals surface area contributed by atoms with Crippen LogP contribution in [0.15, 0.2) is 60.7 Å². The van der Waals surface area contributed by atoms with E-state index >= 15 is 0 Å². The van der Waals surface area contributed by atoms with Crippen LogP contribution in [0.4, 0.5) is 0 Å². The minimum Gasteiger partial charge on any atom is -0.480 e. The number of amides is 2. The number of nitrogens with one attached hydrogen (secondary N) is 1. The Morgan fingerprint density at radius 1 is 0.851 bits per heavy atom. The summed E-state index contributed by atoms with van der Waals surface area (Å²) in [5.74, 6) is -5.46. The molecule has 1 saturated heterocycles. The van der Waals surface area contributed by atoms with Crippen LogP contribution in [0.2, 0.25) is 0 Å². The summed E-state index contributed by atoms with van der Waals surface area (Å²) in [6.07, 6.45) is 2.17. The molecule has 1 aliphatic rings. The lowest BCUT2D eigenvalue weighted by Crippen LogP contribution is -2.59. The second-order valence-electron chi connectivity index (χ2n) is 13.2. The molecule has 4 unspecified atom stereocenters. The fraction of sp³-hybridized carbons (Fsp3) is 0.528. The molecule has 0 spiro atoms. The van der Waals surface area contributed by atoms with Gasteiger partial charge in [-0.25, -0.2) is 0 Å². The van der Waals surface area contributed by atoms with E-state index in [-0.39, 0.29) is 57.0 Å². The highest BCUT2D eigenvalue weighted by molar-refractivity contribution is 6.13. The zero-order chi connectivity index (χ0) is 34.6. The SMILES string of the molecule is CC(C)CC(C(=O)NC(CCCCN)C(=O)N1CCC(N)(C(=O)O)CC1)C(=O)C(Cc1ccccc1)C(=O)C(N)Cc1ccccc1. The number of benzene rings is 2. The number of carbonyl (C=O) groups is 5. The van der Waals surface area contributed by atoms with Crippen molar-refractivity contribution in [3.8, 4) is 0 Å². The smallest absolute Gasteiger partial charge is 0.323 e. The van der Waals surface area contributed by atoms with Gasteiger partial charge in [-0.15, -0.1) is 0 Å². The Labute approximate surface area is 277 Å². The molecule has 11 nitrogen and oxygen atoms in total. The molecule has 2 aromatic rings. The molecule has 3 rings (SSSR count). The Bertz CT molecular complexity index is 1340. The standard InChI is InChI=1S/C36H51N5O6/c1-24(2)21-28(33(44)40-30(15-9-10-18-37)34(45)41-19-16-36(39,17-20-41)35(46)47)31(42)27(22-25-11-5-3-6-12-25)32(43)29(38)23-26-13-7-4-8-14-26/h3-8,11-14,24,27-30H,9-10,15-23,37-39H2,1-2H3,(H,40,44)(H,46,47). The number of carboxylic acid groups (broad SMARTS) is 1. The first-order valence-electron chi connectivity index (χ1n) is 16.6. The number of piperidine rings is 1. The van der Waals surface area contributed by atoms with Crippen LogP contribution in [-0.4, -0.2) is 76.6 Å². The van der Waals surface area contributed by atoms with E-state index in [1.165, 1.54) is 4.90 Å². The Morgan fingerprint density at radius 2 is 1.40 bits per heavy atom. The van der Waals surface area contributed by atoms with Crippen LogP contribution < -0.4 is 22.5 Å². The normalized spacial score (nSPS) is 16.9. The van der Waals surface area contributed by atoms with Crippen molar-refractivity contribution in [2.24, 2.45) is 35.0 Å². The number of carbonyl (C=O) groups excluding carboxylic acids is 4. The highest BCUT2D eigenvalue weighted by Gasteiger charge is 2.42. The van der Waals surface area contributed by atoms with Gasteiger partial charge >= 0.3 is 5.97 Å². The average molecular weight is 650 g/mol. The molecule has 47 heavy (non-hydrogen) atoms. The summed E-state index contributed by atoms with van der Waals surface area (Å²) in [5, 5.41) is 12.4. The van der Waals surface area contributed by atoms with Crippen LogP contribution in [0.1, 0.15) is 63.5 Å². The van der Waals surface area contributed by atoms with Crippen LogP contribution in [0.3, 0.4) is 0 Å². The first-order chi connectivity index (χ1) is 22.4. The summed E-state index contributed by atoms with van der Waals surface area (Å²) >= 11 is 0. The first-order valence-corrected chi connectivity index (χ1v) is 16.6. The number of rotatable bonds is 18. The Hall–Kier alpha value is -3.93. The minimum absolute atomic E-state index is 0.0673. The molecule has 0 bridgehead atoms. The minimum atomic E-state index is -1.41. The van der Waals surface area contributed by atoms with Crippen molar-refractivity contribution in [1.82, 2.24) is 10.2 Å². The summed E-state index contributed by atoms with van der Waals surface area (Å²) in [6.45, 7) is 4.45. The number of aliphatic carboxylic acids is 1. The molecule has 2 aromatic carbocycles.